The van der Waals surface area contributed by atoms with Crippen LogP contribution >= 0.6 is 23.2 Å². The van der Waals surface area contributed by atoms with Gasteiger partial charge < -0.3 is 10.2 Å². The van der Waals surface area contributed by atoms with E-state index in [2.05, 4.69) is 10.2 Å². The summed E-state index contributed by atoms with van der Waals surface area (Å²) in [6, 6.07) is 5.54. The third-order valence-corrected chi connectivity index (χ3v) is 2.43. The molecule has 1 heterocycles. The molecule has 0 radical (unpaired) electrons. The first-order chi connectivity index (χ1) is 7.58. The summed E-state index contributed by atoms with van der Waals surface area (Å²) in [4.78, 5) is 0. The minimum absolute atomic E-state index is 0.0423. The highest BCUT2D eigenvalue weighted by molar-refractivity contribution is 6.35. The maximum Gasteiger partial charge on any atom is 0.153 e. The van der Waals surface area contributed by atoms with E-state index in [0.717, 1.165) is 0 Å². The summed E-state index contributed by atoms with van der Waals surface area (Å²) >= 11 is 11.5. The first-order valence-corrected chi connectivity index (χ1v) is 5.04. The number of hydrogen-bond acceptors (Lipinski definition) is 4. The summed E-state index contributed by atoms with van der Waals surface area (Å²) in [5.74, 6) is -0.169. The molecule has 82 valence electrons. The van der Waals surface area contributed by atoms with Crippen LogP contribution < -0.4 is 0 Å². The molecule has 0 aliphatic rings. The van der Waals surface area contributed by atoms with Crippen LogP contribution in [-0.4, -0.2) is 20.4 Å². The predicted molar refractivity (Wildman–Crippen MR) is 60.8 cm³/mol. The van der Waals surface area contributed by atoms with Gasteiger partial charge in [-0.25, -0.2) is 0 Å². The molecule has 0 atom stereocenters. The Labute approximate surface area is 101 Å². The number of halogens is 2. The molecule has 0 bridgehead atoms. The van der Waals surface area contributed by atoms with E-state index in [-0.39, 0.29) is 21.7 Å². The fraction of sp³-hybridized carbons (Fsp3) is 0. The SMILES string of the molecule is Oc1ccc(-c2nnc(Cl)cc2Cl)c(O)c1. The van der Waals surface area contributed by atoms with Gasteiger partial charge in [-0.1, -0.05) is 23.2 Å². The van der Waals surface area contributed by atoms with Crippen molar-refractivity contribution in [2.75, 3.05) is 0 Å². The largest absolute Gasteiger partial charge is 0.508 e. The fourth-order valence-electron chi connectivity index (χ4n) is 1.25. The van der Waals surface area contributed by atoms with Gasteiger partial charge in [-0.2, -0.15) is 0 Å². The maximum atomic E-state index is 9.62. The summed E-state index contributed by atoms with van der Waals surface area (Å²) in [5.41, 5.74) is 0.690. The quantitative estimate of drug-likeness (QED) is 0.824. The molecule has 1 aromatic carbocycles. The number of benzene rings is 1. The topological polar surface area (TPSA) is 66.2 Å². The predicted octanol–water partition coefficient (Wildman–Crippen LogP) is 2.86. The van der Waals surface area contributed by atoms with Crippen molar-refractivity contribution in [1.82, 2.24) is 10.2 Å². The lowest BCUT2D eigenvalue weighted by Gasteiger charge is -2.05. The van der Waals surface area contributed by atoms with Crippen molar-refractivity contribution in [3.63, 3.8) is 0 Å². The first kappa shape index (κ1) is 11.0. The monoisotopic (exact) mass is 256 g/mol. The molecule has 0 saturated carbocycles. The molecule has 0 spiro atoms. The number of phenolic OH excluding ortho intramolecular Hbond substituents is 2. The van der Waals surface area contributed by atoms with Gasteiger partial charge in [0.15, 0.2) is 5.15 Å². The van der Waals surface area contributed by atoms with Crippen LogP contribution in [0.25, 0.3) is 11.3 Å². The highest BCUT2D eigenvalue weighted by Crippen LogP contribution is 2.34. The molecule has 6 heteroatoms. The standard InChI is InChI=1S/C10H6Cl2N2O2/c11-7-4-9(12)13-14-10(7)6-2-1-5(15)3-8(6)16/h1-4,15-16H. The fourth-order valence-corrected chi connectivity index (χ4v) is 1.70. The zero-order valence-electron chi connectivity index (χ0n) is 7.85. The highest BCUT2D eigenvalue weighted by Gasteiger charge is 2.11. The molecular formula is C10H6Cl2N2O2. The molecule has 0 unspecified atom stereocenters. The van der Waals surface area contributed by atoms with Crippen molar-refractivity contribution in [2.45, 2.75) is 0 Å². The summed E-state index contributed by atoms with van der Waals surface area (Å²) in [5, 5.41) is 26.6. The smallest absolute Gasteiger partial charge is 0.153 e. The minimum Gasteiger partial charge on any atom is -0.508 e. The molecule has 2 rings (SSSR count). The average Bonchev–Trinajstić information content (AvgIpc) is 2.19. The van der Waals surface area contributed by atoms with Crippen LogP contribution in [0.2, 0.25) is 10.2 Å². The van der Waals surface area contributed by atoms with Crippen molar-refractivity contribution in [2.24, 2.45) is 0 Å². The minimum atomic E-state index is -0.126. The van der Waals surface area contributed by atoms with Crippen molar-refractivity contribution < 1.29 is 10.2 Å². The lowest BCUT2D eigenvalue weighted by molar-refractivity contribution is 0.451. The van der Waals surface area contributed by atoms with Crippen molar-refractivity contribution in [3.05, 3.63) is 34.4 Å². The molecule has 16 heavy (non-hydrogen) atoms. The normalized spacial score (nSPS) is 10.4. The van der Waals surface area contributed by atoms with Crippen LogP contribution in [0.3, 0.4) is 0 Å². The van der Waals surface area contributed by atoms with Gasteiger partial charge in [0, 0.05) is 11.6 Å². The van der Waals surface area contributed by atoms with Crippen LogP contribution in [0.4, 0.5) is 0 Å². The van der Waals surface area contributed by atoms with E-state index in [1.165, 1.54) is 24.3 Å². The average molecular weight is 257 g/mol. The van der Waals surface area contributed by atoms with Crippen LogP contribution in [0.15, 0.2) is 24.3 Å². The van der Waals surface area contributed by atoms with Gasteiger partial charge in [0.05, 0.1) is 5.02 Å². The molecular weight excluding hydrogens is 251 g/mol. The van der Waals surface area contributed by atoms with Gasteiger partial charge in [-0.3, -0.25) is 0 Å². The van der Waals surface area contributed by atoms with Crippen LogP contribution in [0.5, 0.6) is 11.5 Å². The maximum absolute atomic E-state index is 9.62. The molecule has 1 aromatic heterocycles. The summed E-state index contributed by atoms with van der Waals surface area (Å²) in [7, 11) is 0. The summed E-state index contributed by atoms with van der Waals surface area (Å²) in [6.45, 7) is 0. The van der Waals surface area contributed by atoms with Crippen molar-refractivity contribution >= 4 is 23.2 Å². The van der Waals surface area contributed by atoms with Gasteiger partial charge in [0.1, 0.15) is 17.2 Å². The number of nitrogens with zero attached hydrogens (tertiary/aromatic N) is 2. The number of hydrogen-bond donors (Lipinski definition) is 2. The van der Waals surface area contributed by atoms with E-state index in [0.29, 0.717) is 11.3 Å². The Balaban J connectivity index is 2.59. The summed E-state index contributed by atoms with van der Waals surface area (Å²) < 4.78 is 0. The molecule has 4 nitrogen and oxygen atoms in total. The van der Waals surface area contributed by atoms with Crippen molar-refractivity contribution in [1.29, 1.82) is 0 Å². The lowest BCUT2D eigenvalue weighted by atomic mass is 10.1. The third kappa shape index (κ3) is 2.03. The second-order valence-corrected chi connectivity index (χ2v) is 3.86. The van der Waals surface area contributed by atoms with E-state index in [1.54, 1.807) is 0 Å². The number of aromatic nitrogens is 2. The Morgan fingerprint density at radius 1 is 1.00 bits per heavy atom. The number of aromatic hydroxyl groups is 2. The van der Waals surface area contributed by atoms with Crippen molar-refractivity contribution in [3.8, 4) is 22.8 Å². The molecule has 0 aliphatic carbocycles. The van der Waals surface area contributed by atoms with E-state index >= 15 is 0 Å². The molecule has 2 aromatic rings. The first-order valence-electron chi connectivity index (χ1n) is 4.29. The van der Waals surface area contributed by atoms with Gasteiger partial charge in [-0.05, 0) is 18.2 Å². The Bertz CT molecular complexity index is 497. The van der Waals surface area contributed by atoms with Gasteiger partial charge in [-0.15, -0.1) is 10.2 Å². The molecule has 0 amide bonds. The van der Waals surface area contributed by atoms with E-state index < -0.39 is 0 Å². The zero-order valence-corrected chi connectivity index (χ0v) is 9.37. The van der Waals surface area contributed by atoms with Gasteiger partial charge in [0.2, 0.25) is 0 Å². The van der Waals surface area contributed by atoms with E-state index in [9.17, 15) is 5.11 Å². The molecule has 0 fully saturated rings. The van der Waals surface area contributed by atoms with Crippen LogP contribution in [0.1, 0.15) is 0 Å². The molecule has 2 N–H and O–H groups in total. The van der Waals surface area contributed by atoms with Crippen LogP contribution in [0, 0.1) is 0 Å². The second kappa shape index (κ2) is 4.15. The molecule has 0 aliphatic heterocycles. The lowest BCUT2D eigenvalue weighted by Crippen LogP contribution is -1.89. The van der Waals surface area contributed by atoms with E-state index in [4.69, 9.17) is 28.3 Å². The second-order valence-electron chi connectivity index (χ2n) is 3.07. The number of rotatable bonds is 1. The van der Waals surface area contributed by atoms with Gasteiger partial charge in [0.25, 0.3) is 0 Å². The third-order valence-electron chi connectivity index (χ3n) is 1.95. The Morgan fingerprint density at radius 2 is 1.75 bits per heavy atom. The zero-order chi connectivity index (χ0) is 11.7. The highest BCUT2D eigenvalue weighted by atomic mass is 35.5. The van der Waals surface area contributed by atoms with E-state index in [1.807, 2.05) is 0 Å². The number of phenols is 2. The Hall–Kier alpha value is -1.52. The van der Waals surface area contributed by atoms with Gasteiger partial charge >= 0.3 is 0 Å². The Kier molecular flexibility index (Phi) is 2.85. The molecule has 0 saturated heterocycles. The van der Waals surface area contributed by atoms with Crippen LogP contribution in [-0.2, 0) is 0 Å². The summed E-state index contributed by atoms with van der Waals surface area (Å²) in [6.07, 6.45) is 0. The Morgan fingerprint density at radius 3 is 2.38 bits per heavy atom.